The Bertz CT molecular complexity index is 994. The Labute approximate surface area is 177 Å². The average molecular weight is 460 g/mol. The van der Waals surface area contributed by atoms with Crippen molar-refractivity contribution < 1.29 is 19.2 Å². The minimum Gasteiger partial charge on any atom is -0.318 e. The summed E-state index contributed by atoms with van der Waals surface area (Å²) < 4.78 is 2.88. The molecule has 0 saturated carbocycles. The van der Waals surface area contributed by atoms with E-state index < -0.39 is 24.4 Å². The van der Waals surface area contributed by atoms with Crippen LogP contribution in [0.3, 0.4) is 0 Å². The van der Waals surface area contributed by atoms with Crippen molar-refractivity contribution in [3.8, 4) is 5.69 Å². The number of unbranched alkanes of at least 4 members (excludes halogenated alkanes) is 1. The van der Waals surface area contributed by atoms with Gasteiger partial charge in [0.1, 0.15) is 0 Å². The molecule has 1 aromatic heterocycles. The molecule has 1 saturated heterocycles. The van der Waals surface area contributed by atoms with E-state index in [-0.39, 0.29) is 12.3 Å². The molecule has 0 bridgehead atoms. The molecule has 2 aromatic rings. The molecule has 1 fully saturated rings. The van der Waals surface area contributed by atoms with Gasteiger partial charge in [-0.05, 0) is 50.6 Å². The molecule has 7 nitrogen and oxygen atoms in total. The van der Waals surface area contributed by atoms with Crippen molar-refractivity contribution in [2.24, 2.45) is 0 Å². The van der Waals surface area contributed by atoms with Crippen LogP contribution in [0, 0.1) is 13.8 Å². The van der Waals surface area contributed by atoms with Gasteiger partial charge in [0.25, 0.3) is 0 Å². The summed E-state index contributed by atoms with van der Waals surface area (Å²) in [5, 5.41) is 0. The highest BCUT2D eigenvalue weighted by atomic mass is 79.9. The van der Waals surface area contributed by atoms with Crippen LogP contribution >= 0.6 is 15.9 Å². The van der Waals surface area contributed by atoms with Crippen molar-refractivity contribution in [3.05, 3.63) is 51.8 Å². The zero-order chi connectivity index (χ0) is 21.3. The van der Waals surface area contributed by atoms with Crippen molar-refractivity contribution in [1.82, 2.24) is 14.4 Å². The van der Waals surface area contributed by atoms with Crippen LogP contribution in [0.4, 0.5) is 4.79 Å². The number of urea groups is 1. The topological polar surface area (TPSA) is 79.7 Å². The van der Waals surface area contributed by atoms with Gasteiger partial charge in [-0.2, -0.15) is 0 Å². The lowest BCUT2D eigenvalue weighted by atomic mass is 10.1. The van der Waals surface area contributed by atoms with Gasteiger partial charge < -0.3 is 4.57 Å². The quantitative estimate of drug-likeness (QED) is 0.359. The summed E-state index contributed by atoms with van der Waals surface area (Å²) in [5.74, 6) is -2.19. The van der Waals surface area contributed by atoms with Gasteiger partial charge in [-0.15, -0.1) is 0 Å². The molecule has 152 valence electrons. The van der Waals surface area contributed by atoms with Gasteiger partial charge in [-0.25, -0.2) is 9.69 Å². The van der Waals surface area contributed by atoms with Crippen LogP contribution in [0.15, 0.2) is 34.8 Å². The number of hydrogen-bond acceptors (Lipinski definition) is 4. The summed E-state index contributed by atoms with van der Waals surface area (Å²) in [6.45, 7) is 5.36. The maximum absolute atomic E-state index is 12.9. The van der Waals surface area contributed by atoms with Gasteiger partial charge in [0, 0.05) is 33.7 Å². The number of Topliss-reactive ketones (excluding diaryl/α,β-unsaturated/α-hetero) is 1. The molecule has 0 unspecified atom stereocenters. The van der Waals surface area contributed by atoms with E-state index in [9.17, 15) is 19.2 Å². The third kappa shape index (κ3) is 3.89. The Hall–Kier alpha value is -2.74. The van der Waals surface area contributed by atoms with E-state index in [4.69, 9.17) is 0 Å². The summed E-state index contributed by atoms with van der Waals surface area (Å²) in [5.41, 5.74) is 2.89. The number of carbonyl (C=O) groups is 4. The first-order valence-electron chi connectivity index (χ1n) is 9.41. The zero-order valence-electron chi connectivity index (χ0n) is 16.6. The lowest BCUT2D eigenvalue weighted by molar-refractivity contribution is -0.143. The maximum atomic E-state index is 12.9. The van der Waals surface area contributed by atoms with Gasteiger partial charge in [0.2, 0.25) is 0 Å². The normalized spacial score (nSPS) is 14.3. The van der Waals surface area contributed by atoms with Crippen molar-refractivity contribution in [2.75, 3.05) is 13.1 Å². The molecule has 1 aromatic carbocycles. The number of rotatable bonds is 7. The van der Waals surface area contributed by atoms with Crippen molar-refractivity contribution in [2.45, 2.75) is 33.6 Å². The maximum Gasteiger partial charge on any atom is 0.334 e. The minimum atomic E-state index is -0.943. The number of benzene rings is 1. The second-order valence-electron chi connectivity index (χ2n) is 7.00. The first-order chi connectivity index (χ1) is 13.8. The van der Waals surface area contributed by atoms with Crippen molar-refractivity contribution >= 4 is 39.6 Å². The molecule has 8 heteroatoms. The summed E-state index contributed by atoms with van der Waals surface area (Å²) in [6.07, 6.45) is 1.40. The van der Waals surface area contributed by atoms with Crippen LogP contribution in [-0.2, 0) is 9.59 Å². The molecule has 2 heterocycles. The highest BCUT2D eigenvalue weighted by Gasteiger charge is 2.44. The van der Waals surface area contributed by atoms with E-state index >= 15 is 0 Å². The van der Waals surface area contributed by atoms with Crippen LogP contribution < -0.4 is 0 Å². The van der Waals surface area contributed by atoms with Crippen molar-refractivity contribution in [1.29, 1.82) is 0 Å². The number of aryl methyl sites for hydroxylation is 1. The number of halogens is 1. The molecule has 3 rings (SSSR count). The van der Waals surface area contributed by atoms with E-state index in [0.29, 0.717) is 17.7 Å². The predicted octanol–water partition coefficient (Wildman–Crippen LogP) is 3.63. The molecule has 0 aliphatic carbocycles. The molecule has 0 spiro atoms. The van der Waals surface area contributed by atoms with Gasteiger partial charge in [-0.3, -0.25) is 19.3 Å². The molecule has 0 radical (unpaired) electrons. The number of aromatic nitrogens is 1. The SMILES string of the molecule is CCCCN1C(=O)C(=O)N(CC(=O)c2cc(C)n(-c3ccc(Br)cc3)c2C)C1=O. The van der Waals surface area contributed by atoms with Gasteiger partial charge in [0.15, 0.2) is 5.78 Å². The number of imide groups is 2. The van der Waals surface area contributed by atoms with E-state index in [0.717, 1.165) is 32.1 Å². The van der Waals surface area contributed by atoms with E-state index in [2.05, 4.69) is 15.9 Å². The second-order valence-corrected chi connectivity index (χ2v) is 7.92. The molecular weight excluding hydrogens is 438 g/mol. The molecule has 1 aliphatic heterocycles. The fraction of sp³-hybridized carbons (Fsp3) is 0.333. The summed E-state index contributed by atoms with van der Waals surface area (Å²) in [4.78, 5) is 51.3. The van der Waals surface area contributed by atoms with Crippen LogP contribution in [0.2, 0.25) is 0 Å². The van der Waals surface area contributed by atoms with Gasteiger partial charge in [-0.1, -0.05) is 29.3 Å². The number of nitrogens with zero attached hydrogens (tertiary/aromatic N) is 3. The number of ketones is 1. The third-order valence-electron chi connectivity index (χ3n) is 4.99. The average Bonchev–Trinajstić information content (AvgIpc) is 3.09. The molecule has 1 aliphatic rings. The summed E-state index contributed by atoms with van der Waals surface area (Å²) in [7, 11) is 0. The molecule has 0 N–H and O–H groups in total. The Kier molecular flexibility index (Phi) is 6.02. The predicted molar refractivity (Wildman–Crippen MR) is 111 cm³/mol. The van der Waals surface area contributed by atoms with Gasteiger partial charge in [0.05, 0.1) is 6.54 Å². The molecule has 0 atom stereocenters. The van der Waals surface area contributed by atoms with Gasteiger partial charge >= 0.3 is 17.8 Å². The number of amides is 4. The van der Waals surface area contributed by atoms with Crippen LogP contribution in [-0.4, -0.2) is 51.1 Å². The van der Waals surface area contributed by atoms with Crippen molar-refractivity contribution in [3.63, 3.8) is 0 Å². The highest BCUT2D eigenvalue weighted by molar-refractivity contribution is 9.10. The summed E-state index contributed by atoms with van der Waals surface area (Å²) >= 11 is 3.40. The first-order valence-corrected chi connectivity index (χ1v) is 10.2. The van der Waals surface area contributed by atoms with Crippen LogP contribution in [0.25, 0.3) is 5.69 Å². The minimum absolute atomic E-state index is 0.183. The molecule has 29 heavy (non-hydrogen) atoms. The van der Waals surface area contributed by atoms with E-state index in [1.54, 1.807) is 6.07 Å². The lowest BCUT2D eigenvalue weighted by Gasteiger charge is -2.15. The Morgan fingerprint density at radius 1 is 1.00 bits per heavy atom. The Balaban J connectivity index is 1.84. The van der Waals surface area contributed by atoms with Crippen LogP contribution in [0.5, 0.6) is 0 Å². The Morgan fingerprint density at radius 3 is 2.24 bits per heavy atom. The second kappa shape index (κ2) is 8.32. The number of carbonyl (C=O) groups excluding carboxylic acids is 4. The monoisotopic (exact) mass is 459 g/mol. The summed E-state index contributed by atoms with van der Waals surface area (Å²) in [6, 6.07) is 8.69. The molecule has 4 amide bonds. The third-order valence-corrected chi connectivity index (χ3v) is 5.52. The standard InChI is InChI=1S/C21H22BrN3O4/c1-4-5-10-23-19(27)20(28)24(21(23)29)12-18(26)17-11-13(2)25(14(17)3)16-8-6-15(22)7-9-16/h6-9,11H,4-5,10,12H2,1-3H3. The molecular formula is C21H22BrN3O4. The number of hydrogen-bond donors (Lipinski definition) is 0. The largest absolute Gasteiger partial charge is 0.334 e. The Morgan fingerprint density at radius 2 is 1.62 bits per heavy atom. The highest BCUT2D eigenvalue weighted by Crippen LogP contribution is 2.23. The van der Waals surface area contributed by atoms with Crippen LogP contribution in [0.1, 0.15) is 41.5 Å². The first kappa shape index (κ1) is 21.0. The van der Waals surface area contributed by atoms with E-state index in [1.165, 1.54) is 0 Å². The smallest absolute Gasteiger partial charge is 0.318 e. The van der Waals surface area contributed by atoms with E-state index in [1.807, 2.05) is 49.6 Å². The fourth-order valence-corrected chi connectivity index (χ4v) is 3.73. The fourth-order valence-electron chi connectivity index (χ4n) is 3.46. The lowest BCUT2D eigenvalue weighted by Crippen LogP contribution is -2.37. The zero-order valence-corrected chi connectivity index (χ0v) is 18.2.